The molecule has 0 saturated heterocycles. The van der Waals surface area contributed by atoms with Crippen molar-refractivity contribution >= 4 is 6.29 Å². The van der Waals surface area contributed by atoms with Crippen LogP contribution in [0.3, 0.4) is 0 Å². The molecule has 0 saturated carbocycles. The lowest BCUT2D eigenvalue weighted by Crippen LogP contribution is -1.90. The third-order valence-electron chi connectivity index (χ3n) is 2.71. The summed E-state index contributed by atoms with van der Waals surface area (Å²) in [4.78, 5) is 11.1. The number of benzene rings is 2. The lowest BCUT2D eigenvalue weighted by molar-refractivity contribution is 0.112. The highest BCUT2D eigenvalue weighted by molar-refractivity contribution is 5.88. The van der Waals surface area contributed by atoms with Crippen molar-refractivity contribution in [2.75, 3.05) is 7.11 Å². The number of aryl methyl sites for hydroxylation is 1. The molecule has 0 aromatic heterocycles. The molecule has 86 valence electrons. The fourth-order valence-electron chi connectivity index (χ4n) is 1.84. The summed E-state index contributed by atoms with van der Waals surface area (Å²) in [6.07, 6.45) is 0.861. The van der Waals surface area contributed by atoms with Crippen molar-refractivity contribution in [1.82, 2.24) is 0 Å². The maximum Gasteiger partial charge on any atom is 0.150 e. The zero-order chi connectivity index (χ0) is 12.3. The van der Waals surface area contributed by atoms with Gasteiger partial charge in [-0.1, -0.05) is 29.8 Å². The average molecular weight is 226 g/mol. The van der Waals surface area contributed by atoms with Crippen molar-refractivity contribution in [3.63, 3.8) is 0 Å². The number of carbonyl (C=O) groups is 1. The van der Waals surface area contributed by atoms with Crippen molar-refractivity contribution in [3.05, 3.63) is 53.6 Å². The summed E-state index contributed by atoms with van der Waals surface area (Å²) >= 11 is 0. The number of hydrogen-bond donors (Lipinski definition) is 0. The Labute approximate surface area is 101 Å². The van der Waals surface area contributed by atoms with E-state index in [4.69, 9.17) is 4.74 Å². The van der Waals surface area contributed by atoms with E-state index in [9.17, 15) is 4.79 Å². The van der Waals surface area contributed by atoms with Crippen LogP contribution in [-0.4, -0.2) is 13.4 Å². The standard InChI is InChI=1S/C15H14O2/c1-11-4-3-5-12(8-11)15-7-6-14(17-2)9-13(15)10-16/h3-10H,1-2H3. The largest absolute Gasteiger partial charge is 0.497 e. The summed E-state index contributed by atoms with van der Waals surface area (Å²) < 4.78 is 5.11. The lowest BCUT2D eigenvalue weighted by Gasteiger charge is -2.08. The number of hydrogen-bond acceptors (Lipinski definition) is 2. The van der Waals surface area contributed by atoms with Crippen molar-refractivity contribution in [2.24, 2.45) is 0 Å². The van der Waals surface area contributed by atoms with Crippen molar-refractivity contribution in [3.8, 4) is 16.9 Å². The summed E-state index contributed by atoms with van der Waals surface area (Å²) in [6, 6.07) is 13.6. The van der Waals surface area contributed by atoms with E-state index < -0.39 is 0 Å². The summed E-state index contributed by atoms with van der Waals surface area (Å²) in [5.41, 5.74) is 3.81. The monoisotopic (exact) mass is 226 g/mol. The Balaban J connectivity index is 2.55. The molecule has 0 N–H and O–H groups in total. The Morgan fingerprint density at radius 1 is 1.12 bits per heavy atom. The number of rotatable bonds is 3. The van der Waals surface area contributed by atoms with Gasteiger partial charge in [0.25, 0.3) is 0 Å². The maximum atomic E-state index is 11.1. The second kappa shape index (κ2) is 4.83. The normalized spacial score (nSPS) is 10.0. The molecular formula is C15H14O2. The first kappa shape index (κ1) is 11.4. The molecule has 2 aromatic rings. The Bertz CT molecular complexity index is 544. The third-order valence-corrected chi connectivity index (χ3v) is 2.71. The topological polar surface area (TPSA) is 26.3 Å². The highest BCUT2D eigenvalue weighted by Crippen LogP contribution is 2.26. The molecule has 0 fully saturated rings. The van der Waals surface area contributed by atoms with Gasteiger partial charge in [0.2, 0.25) is 0 Å². The minimum absolute atomic E-state index is 0.648. The van der Waals surface area contributed by atoms with Crippen LogP contribution in [-0.2, 0) is 0 Å². The fraction of sp³-hybridized carbons (Fsp3) is 0.133. The number of ether oxygens (including phenoxy) is 1. The molecule has 0 unspecified atom stereocenters. The molecule has 0 aliphatic heterocycles. The van der Waals surface area contributed by atoms with E-state index in [-0.39, 0.29) is 0 Å². The van der Waals surface area contributed by atoms with E-state index in [1.54, 1.807) is 13.2 Å². The van der Waals surface area contributed by atoms with Crippen LogP contribution in [0.25, 0.3) is 11.1 Å². The number of carbonyl (C=O) groups excluding carboxylic acids is 1. The van der Waals surface area contributed by atoms with Crippen LogP contribution in [0, 0.1) is 6.92 Å². The number of methoxy groups -OCH3 is 1. The first-order chi connectivity index (χ1) is 8.24. The Morgan fingerprint density at radius 3 is 2.59 bits per heavy atom. The minimum atomic E-state index is 0.648. The van der Waals surface area contributed by atoms with Gasteiger partial charge in [0, 0.05) is 5.56 Å². The molecule has 0 amide bonds. The van der Waals surface area contributed by atoms with Gasteiger partial charge in [-0.15, -0.1) is 0 Å². The van der Waals surface area contributed by atoms with Gasteiger partial charge in [-0.2, -0.15) is 0 Å². The quantitative estimate of drug-likeness (QED) is 0.749. The predicted octanol–water partition coefficient (Wildman–Crippen LogP) is 3.48. The van der Waals surface area contributed by atoms with Crippen LogP contribution in [0.4, 0.5) is 0 Å². The highest BCUT2D eigenvalue weighted by Gasteiger charge is 2.06. The molecule has 2 nitrogen and oxygen atoms in total. The summed E-state index contributed by atoms with van der Waals surface area (Å²) in [6.45, 7) is 2.04. The summed E-state index contributed by atoms with van der Waals surface area (Å²) in [5, 5.41) is 0. The highest BCUT2D eigenvalue weighted by atomic mass is 16.5. The van der Waals surface area contributed by atoms with Crippen molar-refractivity contribution in [1.29, 1.82) is 0 Å². The average Bonchev–Trinajstić information content (AvgIpc) is 2.38. The van der Waals surface area contributed by atoms with Gasteiger partial charge in [-0.05, 0) is 36.2 Å². The molecule has 2 heteroatoms. The maximum absolute atomic E-state index is 11.1. The van der Waals surface area contributed by atoms with Gasteiger partial charge in [0.05, 0.1) is 7.11 Å². The third kappa shape index (κ3) is 2.36. The Kier molecular flexibility index (Phi) is 3.24. The van der Waals surface area contributed by atoms with E-state index >= 15 is 0 Å². The molecule has 2 aromatic carbocycles. The molecule has 0 aliphatic rings. The van der Waals surface area contributed by atoms with E-state index in [0.29, 0.717) is 11.3 Å². The predicted molar refractivity (Wildman–Crippen MR) is 68.6 cm³/mol. The van der Waals surface area contributed by atoms with Crippen molar-refractivity contribution in [2.45, 2.75) is 6.92 Å². The van der Waals surface area contributed by atoms with E-state index in [1.807, 2.05) is 37.3 Å². The van der Waals surface area contributed by atoms with Crippen LogP contribution in [0.2, 0.25) is 0 Å². The number of aldehydes is 1. The SMILES string of the molecule is COc1ccc(-c2cccc(C)c2)c(C=O)c1. The smallest absolute Gasteiger partial charge is 0.150 e. The Hall–Kier alpha value is -2.09. The van der Waals surface area contributed by atoms with Crippen LogP contribution < -0.4 is 4.74 Å². The van der Waals surface area contributed by atoms with Gasteiger partial charge in [-0.25, -0.2) is 0 Å². The molecule has 0 aliphatic carbocycles. The second-order valence-electron chi connectivity index (χ2n) is 3.94. The molecule has 0 bridgehead atoms. The van der Waals surface area contributed by atoms with Gasteiger partial charge in [0.15, 0.2) is 6.29 Å². The molecule has 0 radical (unpaired) electrons. The first-order valence-electron chi connectivity index (χ1n) is 5.45. The van der Waals surface area contributed by atoms with E-state index in [0.717, 1.165) is 17.4 Å². The Morgan fingerprint density at radius 2 is 1.94 bits per heavy atom. The summed E-state index contributed by atoms with van der Waals surface area (Å²) in [5.74, 6) is 0.698. The molecule has 0 spiro atoms. The van der Waals surface area contributed by atoms with Crippen LogP contribution in [0.5, 0.6) is 5.75 Å². The molecule has 0 heterocycles. The minimum Gasteiger partial charge on any atom is -0.497 e. The summed E-state index contributed by atoms with van der Waals surface area (Å²) in [7, 11) is 1.59. The van der Waals surface area contributed by atoms with Crippen LogP contribution >= 0.6 is 0 Å². The van der Waals surface area contributed by atoms with E-state index in [2.05, 4.69) is 6.07 Å². The van der Waals surface area contributed by atoms with Crippen LogP contribution in [0.15, 0.2) is 42.5 Å². The van der Waals surface area contributed by atoms with Crippen LogP contribution in [0.1, 0.15) is 15.9 Å². The van der Waals surface area contributed by atoms with Gasteiger partial charge in [0.1, 0.15) is 5.75 Å². The first-order valence-corrected chi connectivity index (χ1v) is 5.45. The molecule has 0 atom stereocenters. The molecule has 17 heavy (non-hydrogen) atoms. The van der Waals surface area contributed by atoms with Gasteiger partial charge in [-0.3, -0.25) is 4.79 Å². The molecular weight excluding hydrogens is 212 g/mol. The zero-order valence-corrected chi connectivity index (χ0v) is 9.94. The zero-order valence-electron chi connectivity index (χ0n) is 9.94. The van der Waals surface area contributed by atoms with E-state index in [1.165, 1.54) is 5.56 Å². The van der Waals surface area contributed by atoms with Gasteiger partial charge >= 0.3 is 0 Å². The van der Waals surface area contributed by atoms with Crippen molar-refractivity contribution < 1.29 is 9.53 Å². The lowest BCUT2D eigenvalue weighted by atomic mass is 9.99. The second-order valence-corrected chi connectivity index (χ2v) is 3.94. The van der Waals surface area contributed by atoms with Gasteiger partial charge < -0.3 is 4.74 Å². The molecule has 2 rings (SSSR count). The fourth-order valence-corrected chi connectivity index (χ4v) is 1.84.